The molecule has 2 atom stereocenters. The van der Waals surface area contributed by atoms with Crippen LogP contribution in [0.1, 0.15) is 34.1 Å². The minimum Gasteiger partial charge on any atom is -0.444 e. The zero-order valence-corrected chi connectivity index (χ0v) is 13.5. The molecule has 0 bridgehead atoms. The van der Waals surface area contributed by atoms with Crippen LogP contribution >= 0.6 is 0 Å². The number of aliphatic hydroxyl groups is 1. The Labute approximate surface area is 129 Å². The Hall–Kier alpha value is -1.02. The maximum atomic E-state index is 12.2. The molecule has 1 aliphatic heterocycles. The Morgan fingerprint density at radius 2 is 1.91 bits per heavy atom. The van der Waals surface area contributed by atoms with E-state index in [0.29, 0.717) is 19.6 Å². The van der Waals surface area contributed by atoms with Crippen LogP contribution < -0.4 is 0 Å². The molecule has 0 unspecified atom stereocenters. The van der Waals surface area contributed by atoms with Crippen molar-refractivity contribution in [3.63, 3.8) is 0 Å². The number of carbonyl (C=O) groups is 1. The number of nitrogens with zero attached hydrogens (tertiary/aromatic N) is 2. The second kappa shape index (κ2) is 7.04. The first-order valence-electron chi connectivity index (χ1n) is 7.34. The van der Waals surface area contributed by atoms with Gasteiger partial charge in [0.05, 0.1) is 12.5 Å². The molecule has 1 heterocycles. The van der Waals surface area contributed by atoms with Crippen LogP contribution in [0.5, 0.6) is 0 Å². The molecule has 1 saturated heterocycles. The molecule has 0 aromatic heterocycles. The number of β-amino-alcohol motifs (C(OH)–C–C–N with tert-alkyl or cyclic N) is 1. The molecule has 1 fully saturated rings. The van der Waals surface area contributed by atoms with E-state index in [0.717, 1.165) is 0 Å². The van der Waals surface area contributed by atoms with E-state index in [1.165, 1.54) is 0 Å². The number of alkyl halides is 3. The molecule has 1 N–H and O–H groups in total. The van der Waals surface area contributed by atoms with Gasteiger partial charge in [0.2, 0.25) is 0 Å². The van der Waals surface area contributed by atoms with E-state index in [4.69, 9.17) is 4.74 Å². The van der Waals surface area contributed by atoms with Gasteiger partial charge in [-0.05, 0) is 27.7 Å². The number of ether oxygens (including phenoxy) is 1. The number of halogens is 3. The van der Waals surface area contributed by atoms with Crippen LogP contribution in [0.2, 0.25) is 0 Å². The maximum Gasteiger partial charge on any atom is 0.410 e. The SMILES string of the molecule is C[C@H]1CN(C[C@@H](O)CC(F)(F)F)CCN1C(=O)OC(C)(C)C. The average molecular weight is 326 g/mol. The van der Waals surface area contributed by atoms with Crippen molar-refractivity contribution < 1.29 is 27.8 Å². The largest absolute Gasteiger partial charge is 0.444 e. The molecular weight excluding hydrogens is 301 g/mol. The monoisotopic (exact) mass is 326 g/mol. The van der Waals surface area contributed by atoms with Crippen molar-refractivity contribution in [3.05, 3.63) is 0 Å². The van der Waals surface area contributed by atoms with Gasteiger partial charge in [0.25, 0.3) is 0 Å². The van der Waals surface area contributed by atoms with Crippen LogP contribution in [0.3, 0.4) is 0 Å². The van der Waals surface area contributed by atoms with Gasteiger partial charge in [-0.25, -0.2) is 4.79 Å². The van der Waals surface area contributed by atoms with Crippen LogP contribution in [0.4, 0.5) is 18.0 Å². The molecule has 1 rings (SSSR count). The van der Waals surface area contributed by atoms with Gasteiger partial charge >= 0.3 is 12.3 Å². The summed E-state index contributed by atoms with van der Waals surface area (Å²) in [7, 11) is 0. The molecule has 0 saturated carbocycles. The van der Waals surface area contributed by atoms with Crippen molar-refractivity contribution in [1.82, 2.24) is 9.80 Å². The lowest BCUT2D eigenvalue weighted by atomic mass is 10.1. The quantitative estimate of drug-likeness (QED) is 0.864. The zero-order chi connectivity index (χ0) is 17.1. The molecule has 0 aromatic rings. The fourth-order valence-electron chi connectivity index (χ4n) is 2.42. The van der Waals surface area contributed by atoms with E-state index in [-0.39, 0.29) is 12.6 Å². The Balaban J connectivity index is 2.47. The first-order valence-corrected chi connectivity index (χ1v) is 7.34. The average Bonchev–Trinajstić information content (AvgIpc) is 2.23. The summed E-state index contributed by atoms with van der Waals surface area (Å²) in [4.78, 5) is 15.3. The van der Waals surface area contributed by atoms with Gasteiger partial charge in [0.15, 0.2) is 0 Å². The third-order valence-corrected chi connectivity index (χ3v) is 3.28. The van der Waals surface area contributed by atoms with Crippen LogP contribution in [0.25, 0.3) is 0 Å². The van der Waals surface area contributed by atoms with Crippen LogP contribution in [0.15, 0.2) is 0 Å². The molecular formula is C14H25F3N2O3. The number of hydrogen-bond acceptors (Lipinski definition) is 4. The zero-order valence-electron chi connectivity index (χ0n) is 13.5. The molecule has 0 aromatic carbocycles. The highest BCUT2D eigenvalue weighted by Crippen LogP contribution is 2.22. The fraction of sp³-hybridized carbons (Fsp3) is 0.929. The molecule has 1 amide bonds. The topological polar surface area (TPSA) is 53.0 Å². The van der Waals surface area contributed by atoms with Crippen molar-refractivity contribution in [1.29, 1.82) is 0 Å². The molecule has 0 aliphatic carbocycles. The van der Waals surface area contributed by atoms with Gasteiger partial charge in [-0.2, -0.15) is 13.2 Å². The maximum absolute atomic E-state index is 12.2. The van der Waals surface area contributed by atoms with Crippen molar-refractivity contribution in [3.8, 4) is 0 Å². The molecule has 130 valence electrons. The van der Waals surface area contributed by atoms with Gasteiger partial charge in [0, 0.05) is 32.2 Å². The first-order chi connectivity index (χ1) is 9.87. The smallest absolute Gasteiger partial charge is 0.410 e. The van der Waals surface area contributed by atoms with Gasteiger partial charge in [-0.3, -0.25) is 4.90 Å². The van der Waals surface area contributed by atoms with Crippen molar-refractivity contribution in [2.75, 3.05) is 26.2 Å². The molecule has 22 heavy (non-hydrogen) atoms. The van der Waals surface area contributed by atoms with E-state index in [9.17, 15) is 23.1 Å². The van der Waals surface area contributed by atoms with Crippen LogP contribution in [0, 0.1) is 0 Å². The normalized spacial score (nSPS) is 22.5. The summed E-state index contributed by atoms with van der Waals surface area (Å²) >= 11 is 0. The number of piperazine rings is 1. The second-order valence-electron chi connectivity index (χ2n) is 6.76. The minimum atomic E-state index is -4.37. The number of aliphatic hydroxyl groups excluding tert-OH is 1. The third-order valence-electron chi connectivity index (χ3n) is 3.28. The first kappa shape index (κ1) is 19.0. The third kappa shape index (κ3) is 6.83. The molecule has 5 nitrogen and oxygen atoms in total. The number of amides is 1. The molecule has 1 aliphatic rings. The second-order valence-corrected chi connectivity index (χ2v) is 6.76. The van der Waals surface area contributed by atoms with E-state index >= 15 is 0 Å². The Kier molecular flexibility index (Phi) is 6.09. The van der Waals surface area contributed by atoms with Gasteiger partial charge in [-0.15, -0.1) is 0 Å². The highest BCUT2D eigenvalue weighted by Gasteiger charge is 2.34. The Morgan fingerprint density at radius 3 is 2.36 bits per heavy atom. The van der Waals surface area contributed by atoms with Gasteiger partial charge in [0.1, 0.15) is 5.60 Å². The highest BCUT2D eigenvalue weighted by molar-refractivity contribution is 5.68. The lowest BCUT2D eigenvalue weighted by Gasteiger charge is -2.40. The lowest BCUT2D eigenvalue weighted by molar-refractivity contribution is -0.155. The minimum absolute atomic E-state index is 0.0496. The standard InChI is InChI=1S/C14H25F3N2O3/c1-10-8-18(9-11(20)7-14(15,16)17)5-6-19(10)12(21)22-13(2,3)4/h10-11,20H,5-9H2,1-4H3/t10-,11-/m0/s1. The Morgan fingerprint density at radius 1 is 1.32 bits per heavy atom. The molecule has 0 radical (unpaired) electrons. The van der Waals surface area contributed by atoms with Crippen molar-refractivity contribution in [2.24, 2.45) is 0 Å². The highest BCUT2D eigenvalue weighted by atomic mass is 19.4. The van der Waals surface area contributed by atoms with E-state index in [2.05, 4.69) is 0 Å². The summed E-state index contributed by atoms with van der Waals surface area (Å²) in [6.45, 7) is 8.29. The predicted octanol–water partition coefficient (Wildman–Crippen LogP) is 2.24. The predicted molar refractivity (Wildman–Crippen MR) is 75.5 cm³/mol. The van der Waals surface area contributed by atoms with E-state index < -0.39 is 30.4 Å². The molecule has 0 spiro atoms. The van der Waals surface area contributed by atoms with Crippen LogP contribution in [-0.4, -0.2) is 71.1 Å². The number of hydrogen-bond donors (Lipinski definition) is 1. The van der Waals surface area contributed by atoms with Crippen LogP contribution in [-0.2, 0) is 4.74 Å². The van der Waals surface area contributed by atoms with E-state index in [1.807, 2.05) is 6.92 Å². The summed E-state index contributed by atoms with van der Waals surface area (Å²) in [6.07, 6.45) is -7.45. The van der Waals surface area contributed by atoms with Crippen molar-refractivity contribution in [2.45, 2.75) is 58.0 Å². The Bertz CT molecular complexity index is 383. The number of rotatable bonds is 3. The summed E-state index contributed by atoms with van der Waals surface area (Å²) < 4.78 is 41.9. The van der Waals surface area contributed by atoms with Gasteiger partial charge in [-0.1, -0.05) is 0 Å². The fourth-order valence-corrected chi connectivity index (χ4v) is 2.42. The van der Waals surface area contributed by atoms with E-state index in [1.54, 1.807) is 30.6 Å². The van der Waals surface area contributed by atoms with Crippen molar-refractivity contribution >= 4 is 6.09 Å². The lowest BCUT2D eigenvalue weighted by Crippen LogP contribution is -2.56. The summed E-state index contributed by atoms with van der Waals surface area (Å²) in [6, 6.07) is -0.179. The summed E-state index contributed by atoms with van der Waals surface area (Å²) in [5.74, 6) is 0. The van der Waals surface area contributed by atoms with Gasteiger partial charge < -0.3 is 14.7 Å². The number of carbonyl (C=O) groups excluding carboxylic acids is 1. The molecule has 8 heteroatoms. The summed E-state index contributed by atoms with van der Waals surface area (Å²) in [5, 5.41) is 9.48. The summed E-state index contributed by atoms with van der Waals surface area (Å²) in [5.41, 5.74) is -0.586.